The second-order valence-electron chi connectivity index (χ2n) is 2.61. The number of rotatable bonds is 4. The lowest BCUT2D eigenvalue weighted by atomic mass is 10.3. The maximum Gasteiger partial charge on any atom is 0.367 e. The van der Waals surface area contributed by atoms with E-state index in [4.69, 9.17) is 4.74 Å². The predicted octanol–water partition coefficient (Wildman–Crippen LogP) is 2.27. The molecule has 0 aromatic carbocycles. The average Bonchev–Trinajstić information content (AvgIpc) is 2.54. The van der Waals surface area contributed by atoms with E-state index in [1.165, 1.54) is 11.3 Å². The molecule has 0 atom stereocenters. The van der Waals surface area contributed by atoms with Gasteiger partial charge in [-0.05, 0) is 13.3 Å². The summed E-state index contributed by atoms with van der Waals surface area (Å²) in [5.74, 6) is -0.310. The highest BCUT2D eigenvalue weighted by Gasteiger charge is 2.10. The van der Waals surface area contributed by atoms with E-state index in [-0.39, 0.29) is 5.97 Å². The van der Waals surface area contributed by atoms with Crippen LogP contribution in [0.3, 0.4) is 0 Å². The Bertz CT molecular complexity index is 283. The molecule has 1 aromatic rings. The van der Waals surface area contributed by atoms with Gasteiger partial charge >= 0.3 is 5.97 Å². The topological polar surface area (TPSA) is 39.2 Å². The van der Waals surface area contributed by atoms with Crippen LogP contribution in [-0.2, 0) is 11.2 Å². The molecule has 0 saturated carbocycles. The van der Waals surface area contributed by atoms with E-state index in [9.17, 15) is 4.79 Å². The zero-order valence-corrected chi connectivity index (χ0v) is 8.69. The number of carbonyl (C=O) groups is 1. The number of carbonyl (C=O) groups excluding carboxylic acids is 1. The summed E-state index contributed by atoms with van der Waals surface area (Å²) in [7, 11) is 0. The third-order valence-corrected chi connectivity index (χ3v) is 2.38. The maximum absolute atomic E-state index is 11.2. The summed E-state index contributed by atoms with van der Waals surface area (Å²) >= 11 is 1.35. The number of hydrogen-bond donors (Lipinski definition) is 0. The van der Waals surface area contributed by atoms with E-state index in [2.05, 4.69) is 11.9 Å². The molecule has 0 spiro atoms. The first-order valence-electron chi connectivity index (χ1n) is 4.39. The molecule has 0 aliphatic heterocycles. The van der Waals surface area contributed by atoms with Gasteiger partial charge in [-0.25, -0.2) is 9.78 Å². The molecular weight excluding hydrogens is 186 g/mol. The fourth-order valence-corrected chi connectivity index (χ4v) is 1.71. The molecule has 1 heterocycles. The van der Waals surface area contributed by atoms with Crippen LogP contribution >= 0.6 is 11.3 Å². The van der Waals surface area contributed by atoms with Crippen molar-refractivity contribution in [2.24, 2.45) is 0 Å². The van der Waals surface area contributed by atoms with Gasteiger partial charge in [0.25, 0.3) is 0 Å². The SMILES string of the molecule is CCCc1csc(C(=O)OCC)n1. The minimum absolute atomic E-state index is 0.310. The summed E-state index contributed by atoms with van der Waals surface area (Å²) in [6.07, 6.45) is 1.97. The fourth-order valence-electron chi connectivity index (χ4n) is 0.965. The summed E-state index contributed by atoms with van der Waals surface area (Å²) in [4.78, 5) is 15.4. The summed E-state index contributed by atoms with van der Waals surface area (Å²) in [5.41, 5.74) is 0.982. The van der Waals surface area contributed by atoms with Gasteiger partial charge in [-0.1, -0.05) is 13.3 Å². The van der Waals surface area contributed by atoms with Gasteiger partial charge < -0.3 is 4.74 Å². The molecule has 0 unspecified atom stereocenters. The fraction of sp³-hybridized carbons (Fsp3) is 0.556. The van der Waals surface area contributed by atoms with Gasteiger partial charge in [-0.15, -0.1) is 11.3 Å². The zero-order valence-electron chi connectivity index (χ0n) is 7.87. The van der Waals surface area contributed by atoms with Crippen molar-refractivity contribution in [1.29, 1.82) is 0 Å². The molecule has 0 aliphatic rings. The van der Waals surface area contributed by atoms with Crippen LogP contribution in [0.4, 0.5) is 0 Å². The molecule has 1 aromatic heterocycles. The van der Waals surface area contributed by atoms with Gasteiger partial charge in [-0.2, -0.15) is 0 Å². The van der Waals surface area contributed by atoms with E-state index in [0.717, 1.165) is 18.5 Å². The molecule has 0 N–H and O–H groups in total. The Morgan fingerprint density at radius 3 is 3.00 bits per heavy atom. The van der Waals surface area contributed by atoms with Crippen LogP contribution in [0.25, 0.3) is 0 Å². The Kier molecular flexibility index (Phi) is 3.89. The van der Waals surface area contributed by atoms with E-state index in [1.807, 2.05) is 5.38 Å². The first-order valence-corrected chi connectivity index (χ1v) is 5.27. The number of aryl methyl sites for hydroxylation is 1. The molecular formula is C9H13NO2S. The Hall–Kier alpha value is -0.900. The third-order valence-electron chi connectivity index (χ3n) is 1.51. The predicted molar refractivity (Wildman–Crippen MR) is 52.1 cm³/mol. The van der Waals surface area contributed by atoms with Crippen LogP contribution < -0.4 is 0 Å². The van der Waals surface area contributed by atoms with Crippen molar-refractivity contribution in [3.05, 3.63) is 16.1 Å². The summed E-state index contributed by atoms with van der Waals surface area (Å²) in [6, 6.07) is 0. The second kappa shape index (κ2) is 4.97. The van der Waals surface area contributed by atoms with E-state index < -0.39 is 0 Å². The monoisotopic (exact) mass is 199 g/mol. The van der Waals surface area contributed by atoms with Gasteiger partial charge in [0, 0.05) is 5.38 Å². The first kappa shape index (κ1) is 10.2. The largest absolute Gasteiger partial charge is 0.461 e. The molecule has 0 bridgehead atoms. The number of ether oxygens (including phenoxy) is 1. The van der Waals surface area contributed by atoms with Crippen LogP contribution in [0.5, 0.6) is 0 Å². The average molecular weight is 199 g/mol. The van der Waals surface area contributed by atoms with Gasteiger partial charge in [0.15, 0.2) is 0 Å². The smallest absolute Gasteiger partial charge is 0.367 e. The normalized spacial score (nSPS) is 10.0. The van der Waals surface area contributed by atoms with Crippen molar-refractivity contribution in [3.8, 4) is 0 Å². The van der Waals surface area contributed by atoms with Crippen LogP contribution in [-0.4, -0.2) is 17.6 Å². The molecule has 0 fully saturated rings. The van der Waals surface area contributed by atoms with E-state index >= 15 is 0 Å². The number of esters is 1. The Morgan fingerprint density at radius 1 is 1.62 bits per heavy atom. The van der Waals surface area contributed by atoms with Gasteiger partial charge in [0.05, 0.1) is 12.3 Å². The summed E-state index contributed by atoms with van der Waals surface area (Å²) < 4.78 is 4.83. The summed E-state index contributed by atoms with van der Waals surface area (Å²) in [6.45, 7) is 4.28. The molecule has 0 radical (unpaired) electrons. The quantitative estimate of drug-likeness (QED) is 0.698. The van der Waals surface area contributed by atoms with Crippen molar-refractivity contribution in [1.82, 2.24) is 4.98 Å². The van der Waals surface area contributed by atoms with Crippen LogP contribution in [0.2, 0.25) is 0 Å². The van der Waals surface area contributed by atoms with Crippen LogP contribution in [0.15, 0.2) is 5.38 Å². The minimum atomic E-state index is -0.310. The summed E-state index contributed by atoms with van der Waals surface area (Å²) in [5, 5.41) is 2.38. The Morgan fingerprint density at radius 2 is 2.38 bits per heavy atom. The lowest BCUT2D eigenvalue weighted by Gasteiger charge is -1.95. The van der Waals surface area contributed by atoms with Gasteiger partial charge in [-0.3, -0.25) is 0 Å². The Labute approximate surface area is 81.8 Å². The van der Waals surface area contributed by atoms with Crippen LogP contribution in [0, 0.1) is 0 Å². The highest BCUT2D eigenvalue weighted by molar-refractivity contribution is 7.11. The van der Waals surface area contributed by atoms with Crippen molar-refractivity contribution < 1.29 is 9.53 Å². The molecule has 4 heteroatoms. The second-order valence-corrected chi connectivity index (χ2v) is 3.47. The number of nitrogens with zero attached hydrogens (tertiary/aromatic N) is 1. The Balaban J connectivity index is 2.62. The highest BCUT2D eigenvalue weighted by Crippen LogP contribution is 2.12. The van der Waals surface area contributed by atoms with Gasteiger partial charge in [0.1, 0.15) is 0 Å². The number of hydrogen-bond acceptors (Lipinski definition) is 4. The highest BCUT2D eigenvalue weighted by atomic mass is 32.1. The third kappa shape index (κ3) is 2.81. The van der Waals surface area contributed by atoms with Crippen molar-refractivity contribution in [2.75, 3.05) is 6.61 Å². The standard InChI is InChI=1S/C9H13NO2S/c1-3-5-7-6-13-8(10-7)9(11)12-4-2/h6H,3-5H2,1-2H3. The maximum atomic E-state index is 11.2. The lowest BCUT2D eigenvalue weighted by Crippen LogP contribution is -2.04. The zero-order chi connectivity index (χ0) is 9.68. The molecule has 13 heavy (non-hydrogen) atoms. The molecule has 0 saturated heterocycles. The lowest BCUT2D eigenvalue weighted by molar-refractivity contribution is 0.0525. The van der Waals surface area contributed by atoms with Crippen molar-refractivity contribution in [2.45, 2.75) is 26.7 Å². The molecule has 3 nitrogen and oxygen atoms in total. The number of thiazole rings is 1. The van der Waals surface area contributed by atoms with E-state index in [0.29, 0.717) is 11.6 Å². The molecule has 72 valence electrons. The minimum Gasteiger partial charge on any atom is -0.461 e. The van der Waals surface area contributed by atoms with E-state index in [1.54, 1.807) is 6.92 Å². The first-order chi connectivity index (χ1) is 6.27. The number of aromatic nitrogens is 1. The molecule has 0 amide bonds. The van der Waals surface area contributed by atoms with Crippen LogP contribution in [0.1, 0.15) is 35.8 Å². The van der Waals surface area contributed by atoms with Gasteiger partial charge in [0.2, 0.25) is 5.01 Å². The van der Waals surface area contributed by atoms with Crippen molar-refractivity contribution >= 4 is 17.3 Å². The molecule has 0 aliphatic carbocycles. The van der Waals surface area contributed by atoms with Crippen molar-refractivity contribution in [3.63, 3.8) is 0 Å². The molecule has 1 rings (SSSR count).